The molecule has 2 aromatic rings. The third-order valence-electron chi connectivity index (χ3n) is 3.47. The summed E-state index contributed by atoms with van der Waals surface area (Å²) in [6, 6.07) is 16.1. The average molecular weight is 366 g/mol. The van der Waals surface area contributed by atoms with E-state index in [1.165, 1.54) is 13.0 Å². The van der Waals surface area contributed by atoms with E-state index < -0.39 is 18.0 Å². The standard InChI is InChI=1S/C20H18N2O3S/c1-14(20(24)22-17-8-3-16(13-21)4-9-17)25-19(23)12-7-15-5-10-18(26-2)11-6-15/h3-12,14H,1-2H3,(H,22,24)/b12-7+/t14-/m0/s1. The lowest BCUT2D eigenvalue weighted by molar-refractivity contribution is -0.148. The minimum absolute atomic E-state index is 0.444. The highest BCUT2D eigenvalue weighted by Gasteiger charge is 2.16. The molecule has 5 nitrogen and oxygen atoms in total. The third kappa shape index (κ3) is 5.80. The number of hydrogen-bond acceptors (Lipinski definition) is 5. The molecule has 1 atom stereocenters. The second kappa shape index (κ2) is 9.44. The van der Waals surface area contributed by atoms with Gasteiger partial charge in [-0.25, -0.2) is 4.79 Å². The van der Waals surface area contributed by atoms with Crippen molar-refractivity contribution in [3.63, 3.8) is 0 Å². The number of carbonyl (C=O) groups is 2. The molecular weight excluding hydrogens is 348 g/mol. The summed E-state index contributed by atoms with van der Waals surface area (Å²) in [5.74, 6) is -1.04. The highest BCUT2D eigenvalue weighted by Crippen LogP contribution is 2.15. The summed E-state index contributed by atoms with van der Waals surface area (Å²) in [7, 11) is 0. The fourth-order valence-corrected chi connectivity index (χ4v) is 2.43. The van der Waals surface area contributed by atoms with Crippen LogP contribution in [0.1, 0.15) is 18.1 Å². The number of nitrogens with zero attached hydrogens (tertiary/aromatic N) is 1. The minimum atomic E-state index is -0.943. The van der Waals surface area contributed by atoms with Crippen LogP contribution in [0.4, 0.5) is 5.69 Å². The summed E-state index contributed by atoms with van der Waals surface area (Å²) in [5.41, 5.74) is 1.90. The maximum absolute atomic E-state index is 12.1. The Morgan fingerprint density at radius 2 is 1.81 bits per heavy atom. The molecule has 2 rings (SSSR count). The van der Waals surface area contributed by atoms with Crippen molar-refractivity contribution in [3.05, 3.63) is 65.7 Å². The van der Waals surface area contributed by atoms with Crippen LogP contribution < -0.4 is 5.32 Å². The molecule has 0 saturated heterocycles. The van der Waals surface area contributed by atoms with Crippen molar-refractivity contribution in [3.8, 4) is 6.07 Å². The maximum Gasteiger partial charge on any atom is 0.331 e. The quantitative estimate of drug-likeness (QED) is 0.477. The second-order valence-corrected chi connectivity index (χ2v) is 6.24. The Morgan fingerprint density at radius 1 is 1.15 bits per heavy atom. The number of benzene rings is 2. The SMILES string of the molecule is CSc1ccc(/C=C/C(=O)O[C@@H](C)C(=O)Nc2ccc(C#N)cc2)cc1. The molecule has 1 amide bonds. The van der Waals surface area contributed by atoms with Gasteiger partial charge in [-0.1, -0.05) is 12.1 Å². The normalized spacial score (nSPS) is 11.6. The van der Waals surface area contributed by atoms with Crippen LogP contribution in [-0.4, -0.2) is 24.2 Å². The van der Waals surface area contributed by atoms with E-state index in [4.69, 9.17) is 10.00 Å². The van der Waals surface area contributed by atoms with Crippen molar-refractivity contribution in [2.75, 3.05) is 11.6 Å². The number of amides is 1. The molecule has 0 aromatic heterocycles. The number of esters is 1. The fraction of sp³-hybridized carbons (Fsp3) is 0.150. The monoisotopic (exact) mass is 366 g/mol. The topological polar surface area (TPSA) is 79.2 Å². The molecular formula is C20H18N2O3S. The summed E-state index contributed by atoms with van der Waals surface area (Å²) in [6.45, 7) is 1.50. The molecule has 0 bridgehead atoms. The number of carbonyl (C=O) groups excluding carboxylic acids is 2. The minimum Gasteiger partial charge on any atom is -0.449 e. The Labute approximate surface area is 156 Å². The van der Waals surface area contributed by atoms with E-state index in [0.717, 1.165) is 10.5 Å². The molecule has 0 saturated carbocycles. The zero-order valence-electron chi connectivity index (χ0n) is 14.4. The molecule has 2 aromatic carbocycles. The first-order chi connectivity index (χ1) is 12.5. The summed E-state index contributed by atoms with van der Waals surface area (Å²) in [6.07, 6.45) is 3.98. The average Bonchev–Trinajstić information content (AvgIpc) is 2.67. The van der Waals surface area contributed by atoms with Crippen molar-refractivity contribution >= 4 is 35.4 Å². The molecule has 0 spiro atoms. The lowest BCUT2D eigenvalue weighted by Crippen LogP contribution is -2.29. The highest BCUT2D eigenvalue weighted by atomic mass is 32.2. The number of nitrogens with one attached hydrogen (secondary N) is 1. The number of ether oxygens (including phenoxy) is 1. The van der Waals surface area contributed by atoms with Gasteiger partial charge in [-0.05, 0) is 61.2 Å². The van der Waals surface area contributed by atoms with Gasteiger partial charge in [0.25, 0.3) is 5.91 Å². The van der Waals surface area contributed by atoms with Crippen molar-refractivity contribution in [2.45, 2.75) is 17.9 Å². The van der Waals surface area contributed by atoms with E-state index in [1.54, 1.807) is 42.1 Å². The molecule has 0 aliphatic rings. The van der Waals surface area contributed by atoms with Gasteiger partial charge < -0.3 is 10.1 Å². The Balaban J connectivity index is 1.87. The van der Waals surface area contributed by atoms with Crippen LogP contribution in [0.3, 0.4) is 0 Å². The van der Waals surface area contributed by atoms with Crippen LogP contribution in [0.15, 0.2) is 59.5 Å². The zero-order chi connectivity index (χ0) is 18.9. The van der Waals surface area contributed by atoms with Crippen LogP contribution in [0.25, 0.3) is 6.08 Å². The van der Waals surface area contributed by atoms with Crippen LogP contribution >= 0.6 is 11.8 Å². The summed E-state index contributed by atoms with van der Waals surface area (Å²) in [4.78, 5) is 25.1. The van der Waals surface area contributed by atoms with Gasteiger partial charge in [-0.3, -0.25) is 4.79 Å². The van der Waals surface area contributed by atoms with E-state index in [1.807, 2.05) is 36.6 Å². The van der Waals surface area contributed by atoms with Gasteiger partial charge in [0.1, 0.15) is 0 Å². The van der Waals surface area contributed by atoms with Crippen LogP contribution in [-0.2, 0) is 14.3 Å². The van der Waals surface area contributed by atoms with Gasteiger partial charge in [0.05, 0.1) is 11.6 Å². The number of hydrogen-bond donors (Lipinski definition) is 1. The number of rotatable bonds is 6. The van der Waals surface area contributed by atoms with Crippen molar-refractivity contribution in [2.24, 2.45) is 0 Å². The molecule has 1 N–H and O–H groups in total. The van der Waals surface area contributed by atoms with Crippen molar-refractivity contribution in [1.82, 2.24) is 0 Å². The van der Waals surface area contributed by atoms with Gasteiger partial charge in [-0.2, -0.15) is 5.26 Å². The van der Waals surface area contributed by atoms with E-state index in [0.29, 0.717) is 11.3 Å². The molecule has 0 aliphatic heterocycles. The largest absolute Gasteiger partial charge is 0.449 e. The Hall–Kier alpha value is -3.04. The van der Waals surface area contributed by atoms with Gasteiger partial charge in [0, 0.05) is 16.7 Å². The first-order valence-corrected chi connectivity index (χ1v) is 9.08. The van der Waals surface area contributed by atoms with Crippen LogP contribution in [0.2, 0.25) is 0 Å². The van der Waals surface area contributed by atoms with E-state index in [2.05, 4.69) is 5.32 Å². The number of thioether (sulfide) groups is 1. The molecule has 0 aliphatic carbocycles. The first-order valence-electron chi connectivity index (χ1n) is 7.85. The summed E-state index contributed by atoms with van der Waals surface area (Å²) < 4.78 is 5.10. The molecule has 26 heavy (non-hydrogen) atoms. The molecule has 6 heteroatoms. The lowest BCUT2D eigenvalue weighted by Gasteiger charge is -2.12. The third-order valence-corrected chi connectivity index (χ3v) is 4.21. The fourth-order valence-electron chi connectivity index (χ4n) is 2.02. The van der Waals surface area contributed by atoms with Gasteiger partial charge in [0.15, 0.2) is 6.10 Å². The van der Waals surface area contributed by atoms with E-state index in [9.17, 15) is 9.59 Å². The Kier molecular flexibility index (Phi) is 7.01. The van der Waals surface area contributed by atoms with Gasteiger partial charge >= 0.3 is 5.97 Å². The Bertz CT molecular complexity index is 837. The van der Waals surface area contributed by atoms with Crippen molar-refractivity contribution < 1.29 is 14.3 Å². The molecule has 132 valence electrons. The van der Waals surface area contributed by atoms with Gasteiger partial charge in [-0.15, -0.1) is 11.8 Å². The second-order valence-electron chi connectivity index (χ2n) is 5.36. The first kappa shape index (κ1) is 19.3. The predicted molar refractivity (Wildman–Crippen MR) is 103 cm³/mol. The molecule has 0 radical (unpaired) electrons. The van der Waals surface area contributed by atoms with Crippen LogP contribution in [0, 0.1) is 11.3 Å². The summed E-state index contributed by atoms with van der Waals surface area (Å²) in [5, 5.41) is 11.4. The number of nitriles is 1. The maximum atomic E-state index is 12.1. The molecule has 0 fully saturated rings. The van der Waals surface area contributed by atoms with Gasteiger partial charge in [0.2, 0.25) is 0 Å². The Morgan fingerprint density at radius 3 is 2.38 bits per heavy atom. The zero-order valence-corrected chi connectivity index (χ0v) is 15.2. The highest BCUT2D eigenvalue weighted by molar-refractivity contribution is 7.98. The van der Waals surface area contributed by atoms with Crippen molar-refractivity contribution in [1.29, 1.82) is 5.26 Å². The lowest BCUT2D eigenvalue weighted by atomic mass is 10.2. The predicted octanol–water partition coefficient (Wildman–Crippen LogP) is 3.86. The van der Waals surface area contributed by atoms with E-state index >= 15 is 0 Å². The van der Waals surface area contributed by atoms with Crippen LogP contribution in [0.5, 0.6) is 0 Å². The molecule has 0 unspecified atom stereocenters. The smallest absolute Gasteiger partial charge is 0.331 e. The van der Waals surface area contributed by atoms with E-state index in [-0.39, 0.29) is 0 Å². The summed E-state index contributed by atoms with van der Waals surface area (Å²) >= 11 is 1.64. The number of anilines is 1. The molecule has 0 heterocycles.